The van der Waals surface area contributed by atoms with E-state index in [1.165, 1.54) is 0 Å². The predicted molar refractivity (Wildman–Crippen MR) is 84.6 cm³/mol. The van der Waals surface area contributed by atoms with E-state index in [0.717, 1.165) is 0 Å². The molecule has 7 nitrogen and oxygen atoms in total. The highest BCUT2D eigenvalue weighted by molar-refractivity contribution is 6.10. The van der Waals surface area contributed by atoms with Crippen molar-refractivity contribution in [3.8, 4) is 12.1 Å². The van der Waals surface area contributed by atoms with Crippen LogP contribution < -0.4 is 5.43 Å². The summed E-state index contributed by atoms with van der Waals surface area (Å²) >= 11 is 0. The van der Waals surface area contributed by atoms with Crippen molar-refractivity contribution in [1.29, 1.82) is 10.5 Å². The molecule has 23 heavy (non-hydrogen) atoms. The SMILES string of the molecule is CC1CN(C(=O)c2ccc(NN=C(C#N)C#N)cc2)CC(C)O1. The van der Waals surface area contributed by atoms with Crippen LogP contribution in [0.2, 0.25) is 0 Å². The maximum atomic E-state index is 12.5. The molecule has 0 aromatic heterocycles. The minimum Gasteiger partial charge on any atom is -0.372 e. The van der Waals surface area contributed by atoms with Crippen molar-refractivity contribution in [2.24, 2.45) is 5.10 Å². The molecule has 0 aliphatic carbocycles. The van der Waals surface area contributed by atoms with Crippen molar-refractivity contribution in [1.82, 2.24) is 4.90 Å². The minimum atomic E-state index is -0.263. The molecule has 1 heterocycles. The summed E-state index contributed by atoms with van der Waals surface area (Å²) in [5.74, 6) is -0.0446. The van der Waals surface area contributed by atoms with Gasteiger partial charge in [0.15, 0.2) is 0 Å². The Hall–Kier alpha value is -2.90. The summed E-state index contributed by atoms with van der Waals surface area (Å²) in [6.07, 6.45) is 0.0433. The molecule has 0 spiro atoms. The smallest absolute Gasteiger partial charge is 0.254 e. The molecule has 7 heteroatoms. The molecule has 2 unspecified atom stereocenters. The predicted octanol–water partition coefficient (Wildman–Crippen LogP) is 1.75. The first-order chi connectivity index (χ1) is 11.0. The van der Waals surface area contributed by atoms with Gasteiger partial charge in [0.1, 0.15) is 12.1 Å². The molecule has 2 atom stereocenters. The van der Waals surface area contributed by atoms with Gasteiger partial charge in [-0.25, -0.2) is 0 Å². The van der Waals surface area contributed by atoms with Gasteiger partial charge in [-0.05, 0) is 38.1 Å². The lowest BCUT2D eigenvalue weighted by molar-refractivity contribution is -0.0586. The van der Waals surface area contributed by atoms with E-state index in [2.05, 4.69) is 10.5 Å². The Balaban J connectivity index is 2.05. The molecule has 1 N–H and O–H groups in total. The number of benzene rings is 1. The van der Waals surface area contributed by atoms with Crippen LogP contribution in [0.5, 0.6) is 0 Å². The zero-order valence-corrected chi connectivity index (χ0v) is 13.0. The summed E-state index contributed by atoms with van der Waals surface area (Å²) in [7, 11) is 0. The number of ether oxygens (including phenoxy) is 1. The van der Waals surface area contributed by atoms with Crippen LogP contribution in [0.1, 0.15) is 24.2 Å². The van der Waals surface area contributed by atoms with Gasteiger partial charge in [-0.1, -0.05) is 0 Å². The van der Waals surface area contributed by atoms with Gasteiger partial charge in [-0.3, -0.25) is 10.2 Å². The number of hydrogen-bond acceptors (Lipinski definition) is 6. The van der Waals surface area contributed by atoms with Gasteiger partial charge >= 0.3 is 0 Å². The van der Waals surface area contributed by atoms with Crippen molar-refractivity contribution in [3.05, 3.63) is 29.8 Å². The minimum absolute atomic E-state index is 0.0216. The Morgan fingerprint density at radius 1 is 1.22 bits per heavy atom. The maximum Gasteiger partial charge on any atom is 0.254 e. The third-order valence-electron chi connectivity index (χ3n) is 3.35. The molecule has 1 aliphatic heterocycles. The number of nitrogens with one attached hydrogen (secondary N) is 1. The molecule has 118 valence electrons. The number of anilines is 1. The summed E-state index contributed by atoms with van der Waals surface area (Å²) in [5.41, 5.74) is 3.50. The van der Waals surface area contributed by atoms with Gasteiger partial charge in [0.05, 0.1) is 17.9 Å². The van der Waals surface area contributed by atoms with Crippen molar-refractivity contribution < 1.29 is 9.53 Å². The van der Waals surface area contributed by atoms with E-state index in [0.29, 0.717) is 24.3 Å². The quantitative estimate of drug-likeness (QED) is 0.677. The van der Waals surface area contributed by atoms with Crippen molar-refractivity contribution >= 4 is 17.3 Å². The number of hydrazone groups is 1. The monoisotopic (exact) mass is 311 g/mol. The van der Waals surface area contributed by atoms with Crippen LogP contribution in [-0.2, 0) is 4.74 Å². The molecule has 0 radical (unpaired) electrons. The van der Waals surface area contributed by atoms with Gasteiger partial charge in [-0.2, -0.15) is 15.6 Å². The number of amides is 1. The number of carbonyl (C=O) groups excluding carboxylic acids is 1. The number of morpholine rings is 1. The molecule has 2 rings (SSSR count). The average Bonchev–Trinajstić information content (AvgIpc) is 2.55. The molecule has 1 saturated heterocycles. The third-order valence-corrected chi connectivity index (χ3v) is 3.35. The van der Waals surface area contributed by atoms with Crippen LogP contribution >= 0.6 is 0 Å². The Bertz CT molecular complexity index is 658. The van der Waals surface area contributed by atoms with Crippen LogP contribution in [0.3, 0.4) is 0 Å². The fourth-order valence-corrected chi connectivity index (χ4v) is 2.41. The zero-order chi connectivity index (χ0) is 16.8. The molecule has 1 fully saturated rings. The van der Waals surface area contributed by atoms with Gasteiger partial charge in [0, 0.05) is 18.7 Å². The largest absolute Gasteiger partial charge is 0.372 e. The number of carbonyl (C=O) groups is 1. The van der Waals surface area contributed by atoms with Gasteiger partial charge in [0.2, 0.25) is 5.71 Å². The highest BCUT2D eigenvalue weighted by Gasteiger charge is 2.26. The van der Waals surface area contributed by atoms with E-state index in [1.807, 2.05) is 13.8 Å². The fourth-order valence-electron chi connectivity index (χ4n) is 2.41. The number of nitriles is 2. The number of hydrogen-bond donors (Lipinski definition) is 1. The van der Waals surface area contributed by atoms with E-state index in [-0.39, 0.29) is 23.8 Å². The molecule has 1 aromatic carbocycles. The zero-order valence-electron chi connectivity index (χ0n) is 13.0. The summed E-state index contributed by atoms with van der Waals surface area (Å²) in [5, 5.41) is 20.9. The Morgan fingerprint density at radius 2 is 1.78 bits per heavy atom. The first kappa shape index (κ1) is 16.5. The Labute approximate surface area is 134 Å². The lowest BCUT2D eigenvalue weighted by atomic mass is 10.1. The van der Waals surface area contributed by atoms with E-state index in [4.69, 9.17) is 15.3 Å². The lowest BCUT2D eigenvalue weighted by Crippen LogP contribution is -2.48. The van der Waals surface area contributed by atoms with Crippen LogP contribution in [0, 0.1) is 22.7 Å². The van der Waals surface area contributed by atoms with Crippen LogP contribution in [-0.4, -0.2) is 41.8 Å². The van der Waals surface area contributed by atoms with E-state index in [1.54, 1.807) is 41.3 Å². The standard InChI is InChI=1S/C16H17N5O2/c1-11-9-21(10-12(2)23-11)16(22)13-3-5-14(6-4-13)19-20-15(7-17)8-18/h3-6,11-12,19H,9-10H2,1-2H3. The molecule has 1 aromatic rings. The highest BCUT2D eigenvalue weighted by atomic mass is 16.5. The molecular formula is C16H17N5O2. The normalized spacial score (nSPS) is 20.1. The summed E-state index contributed by atoms with van der Waals surface area (Å²) in [6.45, 7) is 5.04. The average molecular weight is 311 g/mol. The van der Waals surface area contributed by atoms with E-state index >= 15 is 0 Å². The van der Waals surface area contributed by atoms with Gasteiger partial charge in [0.25, 0.3) is 5.91 Å². The molecule has 0 bridgehead atoms. The fraction of sp³-hybridized carbons (Fsp3) is 0.375. The summed E-state index contributed by atoms with van der Waals surface area (Å²) in [6, 6.07) is 10.0. The van der Waals surface area contributed by atoms with Crippen molar-refractivity contribution in [2.45, 2.75) is 26.1 Å². The second kappa shape index (κ2) is 7.39. The summed E-state index contributed by atoms with van der Waals surface area (Å²) < 4.78 is 5.63. The van der Waals surface area contributed by atoms with Crippen molar-refractivity contribution in [2.75, 3.05) is 18.5 Å². The summed E-state index contributed by atoms with van der Waals surface area (Å²) in [4.78, 5) is 14.3. The number of nitrogens with zero attached hydrogens (tertiary/aromatic N) is 4. The first-order valence-corrected chi connectivity index (χ1v) is 7.22. The highest BCUT2D eigenvalue weighted by Crippen LogP contribution is 2.16. The Morgan fingerprint density at radius 3 is 2.30 bits per heavy atom. The Kier molecular flexibility index (Phi) is 5.29. The van der Waals surface area contributed by atoms with Gasteiger partial charge < -0.3 is 9.64 Å². The second-order valence-corrected chi connectivity index (χ2v) is 5.34. The molecule has 0 saturated carbocycles. The second-order valence-electron chi connectivity index (χ2n) is 5.34. The van der Waals surface area contributed by atoms with Crippen LogP contribution in [0.25, 0.3) is 0 Å². The number of rotatable bonds is 3. The molecule has 1 amide bonds. The third kappa shape index (κ3) is 4.29. The lowest BCUT2D eigenvalue weighted by Gasteiger charge is -2.35. The van der Waals surface area contributed by atoms with Crippen molar-refractivity contribution in [3.63, 3.8) is 0 Å². The molecule has 1 aliphatic rings. The van der Waals surface area contributed by atoms with E-state index < -0.39 is 0 Å². The first-order valence-electron chi connectivity index (χ1n) is 7.22. The maximum absolute atomic E-state index is 12.5. The topological polar surface area (TPSA) is 102 Å². The van der Waals surface area contributed by atoms with Crippen LogP contribution in [0.15, 0.2) is 29.4 Å². The van der Waals surface area contributed by atoms with E-state index in [9.17, 15) is 4.79 Å². The van der Waals surface area contributed by atoms with Crippen LogP contribution in [0.4, 0.5) is 5.69 Å². The molecular weight excluding hydrogens is 294 g/mol. The van der Waals surface area contributed by atoms with Gasteiger partial charge in [-0.15, -0.1) is 0 Å².